The zero-order chi connectivity index (χ0) is 18.1. The molecule has 2 N–H and O–H groups in total. The van der Waals surface area contributed by atoms with E-state index in [1.165, 1.54) is 6.20 Å². The summed E-state index contributed by atoms with van der Waals surface area (Å²) in [4.78, 5) is 39.6. The second kappa shape index (κ2) is 6.51. The molecule has 1 fully saturated rings. The predicted octanol–water partition coefficient (Wildman–Crippen LogP) is 1.58. The molecule has 1 atom stereocenters. The first kappa shape index (κ1) is 16.1. The van der Waals surface area contributed by atoms with Gasteiger partial charge in [-0.05, 0) is 31.9 Å². The van der Waals surface area contributed by atoms with Crippen LogP contribution in [-0.2, 0) is 0 Å². The number of amides is 1. The second-order valence-electron chi connectivity index (χ2n) is 6.18. The Kier molecular flexibility index (Phi) is 4.04. The minimum absolute atomic E-state index is 0.0479. The van der Waals surface area contributed by atoms with Crippen LogP contribution in [0.4, 0.5) is 0 Å². The first-order chi connectivity index (χ1) is 12.6. The molecule has 3 aromatic rings. The van der Waals surface area contributed by atoms with Gasteiger partial charge in [0.25, 0.3) is 11.5 Å². The number of carbonyl (C=O) groups is 1. The highest BCUT2D eigenvalue weighted by Crippen LogP contribution is 2.37. The molecule has 0 aromatic carbocycles. The number of pyridine rings is 1. The Morgan fingerprint density at radius 3 is 2.92 bits per heavy atom. The van der Waals surface area contributed by atoms with Crippen molar-refractivity contribution >= 4 is 5.91 Å². The van der Waals surface area contributed by atoms with Gasteiger partial charge >= 0.3 is 0 Å². The van der Waals surface area contributed by atoms with Crippen molar-refractivity contribution in [1.29, 1.82) is 0 Å². The summed E-state index contributed by atoms with van der Waals surface area (Å²) in [7, 11) is 0. The van der Waals surface area contributed by atoms with Crippen molar-refractivity contribution in [2.45, 2.75) is 31.7 Å². The number of carbonyl (C=O) groups excluding carboxylic acids is 1. The molecular formula is C17H16N6O3. The molecule has 0 saturated heterocycles. The molecule has 1 saturated carbocycles. The van der Waals surface area contributed by atoms with Gasteiger partial charge in [-0.15, -0.1) is 0 Å². The zero-order valence-electron chi connectivity index (χ0n) is 14.0. The number of hydrogen-bond acceptors (Lipinski definition) is 7. The molecule has 0 bridgehead atoms. The van der Waals surface area contributed by atoms with E-state index >= 15 is 0 Å². The summed E-state index contributed by atoms with van der Waals surface area (Å²) >= 11 is 0. The molecule has 3 heterocycles. The quantitative estimate of drug-likeness (QED) is 0.713. The van der Waals surface area contributed by atoms with Gasteiger partial charge in [0, 0.05) is 30.1 Å². The summed E-state index contributed by atoms with van der Waals surface area (Å²) in [6.45, 7) is 1.69. The Morgan fingerprint density at radius 2 is 2.23 bits per heavy atom. The first-order valence-corrected chi connectivity index (χ1v) is 8.26. The Bertz CT molecular complexity index is 993. The number of rotatable bonds is 5. The molecule has 0 radical (unpaired) electrons. The Labute approximate surface area is 147 Å². The SMILES string of the molecule is CC(NC(=O)c1cnc(C2CC2)[nH]c1=O)c1nc(-c2cccnc2)no1. The van der Waals surface area contributed by atoms with Gasteiger partial charge < -0.3 is 14.8 Å². The molecule has 0 aliphatic heterocycles. The van der Waals surface area contributed by atoms with Gasteiger partial charge in [0.2, 0.25) is 11.7 Å². The van der Waals surface area contributed by atoms with Gasteiger partial charge in [0.15, 0.2) is 0 Å². The summed E-state index contributed by atoms with van der Waals surface area (Å²) in [6, 6.07) is 3.00. The standard InChI is InChI=1S/C17H16N6O3/c1-9(17-22-14(23-26-17)11-3-2-6-18-7-11)20-15(24)12-8-19-13(10-4-5-10)21-16(12)25/h2-3,6-10H,4-5H2,1H3,(H,20,24)(H,19,21,25). The summed E-state index contributed by atoms with van der Waals surface area (Å²) < 4.78 is 5.20. The van der Waals surface area contributed by atoms with Crippen molar-refractivity contribution in [3.05, 3.63) is 58.4 Å². The molecule has 9 heteroatoms. The first-order valence-electron chi connectivity index (χ1n) is 8.26. The summed E-state index contributed by atoms with van der Waals surface area (Å²) in [5, 5.41) is 6.56. The Hall–Kier alpha value is -3.36. The Morgan fingerprint density at radius 1 is 1.38 bits per heavy atom. The van der Waals surface area contributed by atoms with E-state index in [0.29, 0.717) is 23.1 Å². The van der Waals surface area contributed by atoms with E-state index in [2.05, 4.69) is 30.4 Å². The van der Waals surface area contributed by atoms with E-state index in [1.807, 2.05) is 0 Å². The van der Waals surface area contributed by atoms with E-state index < -0.39 is 17.5 Å². The van der Waals surface area contributed by atoms with Gasteiger partial charge in [-0.25, -0.2) is 4.98 Å². The fourth-order valence-corrected chi connectivity index (χ4v) is 2.49. The van der Waals surface area contributed by atoms with Gasteiger partial charge in [-0.1, -0.05) is 5.16 Å². The zero-order valence-corrected chi connectivity index (χ0v) is 14.0. The second-order valence-corrected chi connectivity index (χ2v) is 6.18. The highest BCUT2D eigenvalue weighted by molar-refractivity contribution is 5.93. The van der Waals surface area contributed by atoms with Crippen LogP contribution in [0.3, 0.4) is 0 Å². The molecule has 26 heavy (non-hydrogen) atoms. The molecule has 1 amide bonds. The molecule has 1 unspecified atom stereocenters. The lowest BCUT2D eigenvalue weighted by Crippen LogP contribution is -2.32. The average Bonchev–Trinajstić information content (AvgIpc) is 3.38. The van der Waals surface area contributed by atoms with Crippen LogP contribution < -0.4 is 10.9 Å². The fraction of sp³-hybridized carbons (Fsp3) is 0.294. The molecule has 3 aromatic heterocycles. The minimum atomic E-state index is -0.567. The highest BCUT2D eigenvalue weighted by Gasteiger charge is 2.27. The largest absolute Gasteiger partial charge is 0.340 e. The van der Waals surface area contributed by atoms with Crippen LogP contribution in [0.2, 0.25) is 0 Å². The molecule has 4 rings (SSSR count). The van der Waals surface area contributed by atoms with Crippen molar-refractivity contribution in [2.75, 3.05) is 0 Å². The lowest BCUT2D eigenvalue weighted by molar-refractivity contribution is 0.0930. The maximum Gasteiger partial charge on any atom is 0.263 e. The van der Waals surface area contributed by atoms with Crippen molar-refractivity contribution in [1.82, 2.24) is 30.4 Å². The molecule has 1 aliphatic rings. The summed E-state index contributed by atoms with van der Waals surface area (Å²) in [6.07, 6.45) is 6.60. The topological polar surface area (TPSA) is 127 Å². The number of nitrogens with zero attached hydrogens (tertiary/aromatic N) is 4. The lowest BCUT2D eigenvalue weighted by Gasteiger charge is -2.09. The van der Waals surface area contributed by atoms with E-state index in [1.54, 1.807) is 31.5 Å². The predicted molar refractivity (Wildman–Crippen MR) is 90.2 cm³/mol. The van der Waals surface area contributed by atoms with Crippen LogP contribution in [0, 0.1) is 0 Å². The number of hydrogen-bond donors (Lipinski definition) is 2. The Balaban J connectivity index is 1.48. The maximum absolute atomic E-state index is 12.4. The number of aromatic amines is 1. The van der Waals surface area contributed by atoms with Crippen LogP contribution in [0.15, 0.2) is 40.0 Å². The highest BCUT2D eigenvalue weighted by atomic mass is 16.5. The van der Waals surface area contributed by atoms with Crippen LogP contribution in [0.5, 0.6) is 0 Å². The number of H-pyrrole nitrogens is 1. The van der Waals surface area contributed by atoms with Gasteiger partial charge in [-0.3, -0.25) is 14.6 Å². The van der Waals surface area contributed by atoms with Crippen molar-refractivity contribution in [3.63, 3.8) is 0 Å². The summed E-state index contributed by atoms with van der Waals surface area (Å²) in [5.41, 5.74) is 0.207. The normalized spacial score (nSPS) is 14.8. The monoisotopic (exact) mass is 352 g/mol. The smallest absolute Gasteiger partial charge is 0.263 e. The van der Waals surface area contributed by atoms with Gasteiger partial charge in [-0.2, -0.15) is 4.98 Å². The van der Waals surface area contributed by atoms with E-state index in [0.717, 1.165) is 12.8 Å². The molecule has 132 valence electrons. The number of nitrogens with one attached hydrogen (secondary N) is 2. The minimum Gasteiger partial charge on any atom is -0.340 e. The van der Waals surface area contributed by atoms with Crippen molar-refractivity contribution in [2.24, 2.45) is 0 Å². The maximum atomic E-state index is 12.4. The van der Waals surface area contributed by atoms with E-state index in [9.17, 15) is 9.59 Å². The van der Waals surface area contributed by atoms with Crippen LogP contribution >= 0.6 is 0 Å². The molecule has 9 nitrogen and oxygen atoms in total. The van der Waals surface area contributed by atoms with Gasteiger partial charge in [0.05, 0.1) is 0 Å². The van der Waals surface area contributed by atoms with Crippen LogP contribution in [0.1, 0.15) is 53.8 Å². The van der Waals surface area contributed by atoms with Crippen molar-refractivity contribution in [3.8, 4) is 11.4 Å². The summed E-state index contributed by atoms with van der Waals surface area (Å²) in [5.74, 6) is 1.01. The third kappa shape index (κ3) is 3.23. The molecular weight excluding hydrogens is 336 g/mol. The van der Waals surface area contributed by atoms with Crippen LogP contribution in [-0.4, -0.2) is 31.0 Å². The molecule has 1 aliphatic carbocycles. The third-order valence-corrected chi connectivity index (χ3v) is 4.11. The van der Waals surface area contributed by atoms with E-state index in [-0.39, 0.29) is 11.5 Å². The van der Waals surface area contributed by atoms with Gasteiger partial charge in [0.1, 0.15) is 17.4 Å². The fourth-order valence-electron chi connectivity index (χ4n) is 2.49. The average molecular weight is 352 g/mol. The van der Waals surface area contributed by atoms with Crippen molar-refractivity contribution < 1.29 is 9.32 Å². The lowest BCUT2D eigenvalue weighted by atomic mass is 10.2. The number of aromatic nitrogens is 5. The molecule has 0 spiro atoms. The van der Waals surface area contributed by atoms with Crippen LogP contribution in [0.25, 0.3) is 11.4 Å². The van der Waals surface area contributed by atoms with E-state index in [4.69, 9.17) is 4.52 Å². The third-order valence-electron chi connectivity index (χ3n) is 4.11.